The number of nitrogens with zero attached hydrogens (tertiary/aromatic N) is 3. The van der Waals surface area contributed by atoms with Gasteiger partial charge in [0.05, 0.1) is 41.8 Å². The minimum atomic E-state index is -4.31. The van der Waals surface area contributed by atoms with E-state index in [1.165, 1.54) is 0 Å². The van der Waals surface area contributed by atoms with Gasteiger partial charge in [-0.2, -0.15) is 8.42 Å². The van der Waals surface area contributed by atoms with E-state index in [1.807, 2.05) is 0 Å². The van der Waals surface area contributed by atoms with Gasteiger partial charge in [-0.25, -0.2) is 9.98 Å². The lowest BCUT2D eigenvalue weighted by Crippen LogP contribution is -2.39. The molecule has 0 aromatic carbocycles. The van der Waals surface area contributed by atoms with Gasteiger partial charge >= 0.3 is 0 Å². The first-order valence-corrected chi connectivity index (χ1v) is 17.4. The molecule has 3 aromatic heterocycles. The van der Waals surface area contributed by atoms with Crippen LogP contribution in [0, 0.1) is 0 Å². The molecule has 0 spiro atoms. The molecule has 16 nitrogen and oxygen atoms in total. The van der Waals surface area contributed by atoms with Crippen LogP contribution in [0.15, 0.2) is 58.5 Å². The fraction of sp³-hybridized carbons (Fsp3) is 0.208. The minimum Gasteiger partial charge on any atom is -0.370 e. The van der Waals surface area contributed by atoms with Crippen LogP contribution in [0.25, 0.3) is 6.08 Å². The number of amides is 2. The summed E-state index contributed by atoms with van der Waals surface area (Å²) >= 11 is 13.2. The molecule has 240 valence electrons. The van der Waals surface area contributed by atoms with Crippen molar-refractivity contribution < 1.29 is 22.6 Å². The van der Waals surface area contributed by atoms with Gasteiger partial charge in [0.25, 0.3) is 21.9 Å². The van der Waals surface area contributed by atoms with Gasteiger partial charge in [-0.15, -0.1) is 0 Å². The molecule has 1 aliphatic rings. The third-order valence-electron chi connectivity index (χ3n) is 5.99. The molecule has 0 saturated carbocycles. The molecule has 4 heterocycles. The first kappa shape index (κ1) is 34.6. The van der Waals surface area contributed by atoms with Crippen molar-refractivity contribution in [2.45, 2.75) is 5.54 Å². The summed E-state index contributed by atoms with van der Waals surface area (Å²) in [5.74, 6) is -1.30. The summed E-state index contributed by atoms with van der Waals surface area (Å²) < 4.78 is 34.5. The number of imidazole rings is 1. The summed E-state index contributed by atoms with van der Waals surface area (Å²) in [4.78, 5) is 47.0. The second kappa shape index (κ2) is 14.5. The van der Waals surface area contributed by atoms with Crippen LogP contribution in [0.3, 0.4) is 0 Å². The molecule has 11 N–H and O–H groups in total. The summed E-state index contributed by atoms with van der Waals surface area (Å²) in [6.45, 7) is -0.148. The zero-order valence-electron chi connectivity index (χ0n) is 22.8. The quantitative estimate of drug-likeness (QED) is 0.0734. The normalized spacial score (nSPS) is 17.7. The van der Waals surface area contributed by atoms with Gasteiger partial charge in [-0.1, -0.05) is 12.2 Å². The number of guanidine groups is 1. The van der Waals surface area contributed by atoms with Crippen molar-refractivity contribution in [1.82, 2.24) is 35.9 Å². The highest BCUT2D eigenvalue weighted by molar-refractivity contribution is 9.13. The third-order valence-corrected chi connectivity index (χ3v) is 10.3. The molecular weight excluding hydrogens is 876 g/mol. The standard InChI is InChI=1S/C24H25Br4N11O5S/c25-11-9-14(34-17(11)27)19(40)31-5-1-3-13-16(37-22(29)36-13)24(21(38-23(30)39-24)33-7-8-45(42,43)44)4-2-6-32-20(41)15-10-12(26)18(28)35-15/h1-4,9-10,34-35H,5-8H2,(H,31,40)(H,32,41)(H3,29,36,37)(H,42,43,44)(H3,30,33,38,39)/b3-1+,4-2+/i31+1,32+1. The molecule has 1 unspecified atom stereocenters. The molecule has 45 heavy (non-hydrogen) atoms. The van der Waals surface area contributed by atoms with Gasteiger partial charge in [0.15, 0.2) is 17.4 Å². The Bertz CT molecular complexity index is 1810. The Kier molecular flexibility index (Phi) is 11.1. The molecule has 0 fully saturated rings. The number of nitrogens with one attached hydrogen (secondary N) is 6. The predicted octanol–water partition coefficient (Wildman–Crippen LogP) is 2.53. The van der Waals surface area contributed by atoms with E-state index in [-0.39, 0.29) is 49.2 Å². The van der Waals surface area contributed by atoms with Gasteiger partial charge in [0, 0.05) is 13.1 Å². The maximum atomic E-state index is 12.6. The number of rotatable bonds is 12. The molecule has 4 rings (SSSR count). The molecule has 0 saturated heterocycles. The fourth-order valence-corrected chi connectivity index (χ4v) is 5.69. The van der Waals surface area contributed by atoms with Gasteiger partial charge in [-0.3, -0.25) is 19.1 Å². The highest BCUT2D eigenvalue weighted by Crippen LogP contribution is 2.34. The summed E-state index contributed by atoms with van der Waals surface area (Å²) in [6.07, 6.45) is 6.42. The van der Waals surface area contributed by atoms with Crippen molar-refractivity contribution in [2.75, 3.05) is 31.1 Å². The SMILES string of the molecule is NC1=NC(/C=C/C[15NH]C(=O)c2cc(Br)c(Br)[nH]2)(c2[nH]c(N)nc2/C=C/C[15NH]C(=O)c2cc(Br)c(Br)[nH]2)C(=NCCS(=O)(=O)O)N1. The lowest BCUT2D eigenvalue weighted by molar-refractivity contribution is 0.0945. The van der Waals surface area contributed by atoms with Crippen molar-refractivity contribution in [3.05, 3.63) is 71.3 Å². The van der Waals surface area contributed by atoms with E-state index in [9.17, 15) is 22.6 Å². The summed E-state index contributed by atoms with van der Waals surface area (Å²) in [5, 5.41) is 8.32. The number of aromatic amines is 3. The Morgan fingerprint density at radius 3 is 2.09 bits per heavy atom. The molecular formula is C24H25Br4N11O5S. The zero-order valence-corrected chi connectivity index (χ0v) is 29.9. The minimum absolute atomic E-state index is 0.0247. The zero-order chi connectivity index (χ0) is 32.9. The van der Waals surface area contributed by atoms with E-state index < -0.39 is 21.4 Å². The Hall–Kier alpha value is -3.24. The molecule has 21 heteroatoms. The van der Waals surface area contributed by atoms with Crippen molar-refractivity contribution in [2.24, 2.45) is 15.7 Å². The average molecular weight is 901 g/mol. The number of aliphatic imine (C=N–C) groups is 2. The van der Waals surface area contributed by atoms with Crippen LogP contribution in [0.2, 0.25) is 0 Å². The van der Waals surface area contributed by atoms with Crippen molar-refractivity contribution in [1.29, 1.82) is 0 Å². The number of nitrogen functional groups attached to an aromatic ring is 1. The number of nitrogens with two attached hydrogens (primary N) is 2. The van der Waals surface area contributed by atoms with Gasteiger partial charge < -0.3 is 42.4 Å². The maximum absolute atomic E-state index is 12.6. The molecule has 1 aliphatic heterocycles. The predicted molar refractivity (Wildman–Crippen MR) is 183 cm³/mol. The molecule has 3 aromatic rings. The van der Waals surface area contributed by atoms with E-state index in [2.05, 4.69) is 110 Å². The smallest absolute Gasteiger partial charge is 0.268 e. The van der Waals surface area contributed by atoms with Crippen molar-refractivity contribution in [3.8, 4) is 0 Å². The topological polar surface area (TPSA) is 262 Å². The van der Waals surface area contributed by atoms with E-state index in [1.54, 1.807) is 36.4 Å². The number of carbonyl (C=O) groups is 2. The van der Waals surface area contributed by atoms with Crippen LogP contribution in [0.5, 0.6) is 0 Å². The molecule has 2 amide bonds. The number of hydrogen-bond acceptors (Lipinski definition) is 9. The molecule has 0 bridgehead atoms. The lowest BCUT2D eigenvalue weighted by atomic mass is 9.92. The fourth-order valence-electron chi connectivity index (χ4n) is 4.06. The third kappa shape index (κ3) is 8.73. The molecule has 0 radical (unpaired) electrons. The Labute approximate surface area is 289 Å². The highest BCUT2D eigenvalue weighted by atomic mass is 79.9. The Morgan fingerprint density at radius 1 is 0.978 bits per heavy atom. The van der Waals surface area contributed by atoms with E-state index in [4.69, 9.17) is 11.5 Å². The molecule has 0 aliphatic carbocycles. The van der Waals surface area contributed by atoms with Crippen LogP contribution in [-0.4, -0.2) is 81.9 Å². The van der Waals surface area contributed by atoms with E-state index in [0.717, 1.165) is 0 Å². The van der Waals surface area contributed by atoms with Crippen LogP contribution < -0.4 is 27.4 Å². The van der Waals surface area contributed by atoms with Crippen LogP contribution >= 0.6 is 63.7 Å². The Morgan fingerprint density at radius 2 is 1.56 bits per heavy atom. The van der Waals surface area contributed by atoms with Crippen molar-refractivity contribution in [3.63, 3.8) is 0 Å². The van der Waals surface area contributed by atoms with E-state index in [0.29, 0.717) is 40.9 Å². The van der Waals surface area contributed by atoms with Crippen molar-refractivity contribution >= 4 is 109 Å². The summed E-state index contributed by atoms with van der Waals surface area (Å²) in [5.41, 5.74) is 11.8. The second-order valence-electron chi connectivity index (χ2n) is 9.20. The van der Waals surface area contributed by atoms with Gasteiger partial charge in [-0.05, 0) is 88.0 Å². The van der Waals surface area contributed by atoms with Gasteiger partial charge in [0.1, 0.15) is 17.2 Å². The highest BCUT2D eigenvalue weighted by Gasteiger charge is 2.44. The maximum Gasteiger partial charge on any atom is 0.268 e. The summed E-state index contributed by atoms with van der Waals surface area (Å²) in [7, 11) is -4.31. The largest absolute Gasteiger partial charge is 0.370 e. The van der Waals surface area contributed by atoms with Crippen LogP contribution in [0.4, 0.5) is 5.95 Å². The number of amidine groups is 1. The molecule has 1 atom stereocenters. The average Bonchev–Trinajstić information content (AvgIpc) is 3.69. The number of hydrogen-bond donors (Lipinski definition) is 9. The lowest BCUT2D eigenvalue weighted by Gasteiger charge is -2.22. The first-order valence-electron chi connectivity index (χ1n) is 12.7. The summed E-state index contributed by atoms with van der Waals surface area (Å²) in [6, 6.07) is 3.24. The number of H-pyrrole nitrogens is 3. The number of anilines is 1. The monoisotopic (exact) mass is 897 g/mol. The van der Waals surface area contributed by atoms with E-state index >= 15 is 0 Å². The number of halogens is 4. The van der Waals surface area contributed by atoms with Gasteiger partial charge in [0.2, 0.25) is 0 Å². The number of carbonyl (C=O) groups excluding carboxylic acids is 2. The number of aromatic nitrogens is 4. The van der Waals surface area contributed by atoms with Crippen LogP contribution in [0.1, 0.15) is 32.4 Å². The first-order chi connectivity index (χ1) is 21.2. The second-order valence-corrected chi connectivity index (χ2v) is 14.1. The Balaban J connectivity index is 1.61. The van der Waals surface area contributed by atoms with Crippen LogP contribution in [-0.2, 0) is 15.7 Å².